The van der Waals surface area contributed by atoms with Gasteiger partial charge in [-0.05, 0) is 76.1 Å². The van der Waals surface area contributed by atoms with Crippen LogP contribution in [0.15, 0.2) is 59.8 Å². The number of piperazine rings is 1. The Hall–Kier alpha value is -6.01. The molecule has 4 aromatic heterocycles. The number of nitrogens with zero attached hydrogens (tertiary/aromatic N) is 8. The number of nitriles is 1. The Kier molecular flexibility index (Phi) is 10.1. The van der Waals surface area contributed by atoms with Gasteiger partial charge in [-0.15, -0.1) is 0 Å². The number of anilines is 2. The van der Waals surface area contributed by atoms with E-state index in [4.69, 9.17) is 0 Å². The molecule has 0 spiro atoms. The second kappa shape index (κ2) is 15.3. The van der Waals surface area contributed by atoms with Gasteiger partial charge in [0.15, 0.2) is 0 Å². The van der Waals surface area contributed by atoms with Gasteiger partial charge in [-0.25, -0.2) is 14.8 Å². The molecule has 3 amide bonds. The van der Waals surface area contributed by atoms with Crippen LogP contribution in [-0.2, 0) is 16.6 Å². The normalized spacial score (nSPS) is 20.7. The van der Waals surface area contributed by atoms with E-state index in [-0.39, 0.29) is 36.0 Å². The van der Waals surface area contributed by atoms with Crippen molar-refractivity contribution in [3.63, 3.8) is 0 Å². The topological polar surface area (TPSA) is 175 Å². The Morgan fingerprint density at radius 1 is 1.00 bits per heavy atom. The Morgan fingerprint density at radius 2 is 1.79 bits per heavy atom. The van der Waals surface area contributed by atoms with E-state index in [0.717, 1.165) is 75.0 Å². The molecule has 3 aliphatic rings. The molecule has 56 heavy (non-hydrogen) atoms. The van der Waals surface area contributed by atoms with Crippen molar-refractivity contribution < 1.29 is 14.4 Å². The first-order valence-electron chi connectivity index (χ1n) is 19.5. The summed E-state index contributed by atoms with van der Waals surface area (Å²) >= 11 is 0. The lowest BCUT2D eigenvalue weighted by Gasteiger charge is -2.39. The van der Waals surface area contributed by atoms with E-state index in [1.54, 1.807) is 34.6 Å². The first-order valence-corrected chi connectivity index (χ1v) is 19.5. The predicted octanol–water partition coefficient (Wildman–Crippen LogP) is 3.85. The van der Waals surface area contributed by atoms with E-state index in [0.29, 0.717) is 46.1 Å². The number of pyridine rings is 2. The van der Waals surface area contributed by atoms with Gasteiger partial charge in [0.25, 0.3) is 5.91 Å². The summed E-state index contributed by atoms with van der Waals surface area (Å²) in [6.45, 7) is 8.52. The van der Waals surface area contributed by atoms with Gasteiger partial charge in [0.1, 0.15) is 23.6 Å². The average molecular weight is 758 g/mol. The number of rotatable bonds is 9. The number of aryl methyl sites for hydroxylation is 1. The number of carbonyl (C=O) groups excluding carboxylic acids is 3. The minimum Gasteiger partial charge on any atom is -0.382 e. The molecular formula is C41H47N11O4. The van der Waals surface area contributed by atoms with Gasteiger partial charge >= 0.3 is 5.69 Å². The zero-order valence-corrected chi connectivity index (χ0v) is 32.0. The minimum absolute atomic E-state index is 0.0914. The molecule has 290 valence electrons. The predicted molar refractivity (Wildman–Crippen MR) is 213 cm³/mol. The van der Waals surface area contributed by atoms with Crippen molar-refractivity contribution in [1.29, 1.82) is 5.26 Å². The highest BCUT2D eigenvalue weighted by Crippen LogP contribution is 2.32. The van der Waals surface area contributed by atoms with Gasteiger partial charge in [-0.2, -0.15) is 5.26 Å². The number of hydrogen-bond acceptors (Lipinski definition) is 10. The number of hydrogen-bond donors (Lipinski definition) is 3. The van der Waals surface area contributed by atoms with Crippen molar-refractivity contribution in [2.75, 3.05) is 42.9 Å². The van der Waals surface area contributed by atoms with Crippen molar-refractivity contribution in [2.24, 2.45) is 13.0 Å². The Morgan fingerprint density at radius 3 is 2.52 bits per heavy atom. The van der Waals surface area contributed by atoms with Crippen LogP contribution in [0.4, 0.5) is 11.4 Å². The molecule has 6 heterocycles. The van der Waals surface area contributed by atoms with Crippen LogP contribution in [-0.4, -0.2) is 91.1 Å². The summed E-state index contributed by atoms with van der Waals surface area (Å²) < 4.78 is 5.03. The maximum absolute atomic E-state index is 13.7. The molecule has 1 unspecified atom stereocenters. The lowest BCUT2D eigenvalue weighted by Crippen LogP contribution is -2.48. The van der Waals surface area contributed by atoms with Crippen LogP contribution in [0.3, 0.4) is 0 Å². The van der Waals surface area contributed by atoms with Gasteiger partial charge in [-0.1, -0.05) is 6.07 Å². The van der Waals surface area contributed by atoms with Crippen molar-refractivity contribution in [3.05, 3.63) is 76.6 Å². The third-order valence-corrected chi connectivity index (χ3v) is 11.5. The number of amides is 3. The Bertz CT molecular complexity index is 2420. The highest BCUT2D eigenvalue weighted by molar-refractivity contribution is 6.01. The third-order valence-electron chi connectivity index (χ3n) is 11.5. The number of nitrogens with one attached hydrogen (secondary N) is 3. The number of imide groups is 1. The van der Waals surface area contributed by atoms with E-state index < -0.39 is 11.9 Å². The van der Waals surface area contributed by atoms with E-state index in [1.807, 2.05) is 54.9 Å². The summed E-state index contributed by atoms with van der Waals surface area (Å²) in [7, 11) is 1.75. The maximum Gasteiger partial charge on any atom is 0.329 e. The van der Waals surface area contributed by atoms with Crippen LogP contribution in [0, 0.1) is 17.2 Å². The lowest BCUT2D eigenvalue weighted by atomic mass is 9.85. The molecule has 2 aliphatic heterocycles. The Balaban J connectivity index is 0.866. The number of piperidine rings is 1. The molecule has 0 bridgehead atoms. The van der Waals surface area contributed by atoms with Crippen molar-refractivity contribution >= 4 is 51.2 Å². The van der Waals surface area contributed by atoms with Crippen LogP contribution in [0.25, 0.3) is 27.9 Å². The van der Waals surface area contributed by atoms with Gasteiger partial charge < -0.3 is 15.5 Å². The van der Waals surface area contributed by atoms with Gasteiger partial charge in [0.2, 0.25) is 11.8 Å². The zero-order valence-electron chi connectivity index (χ0n) is 32.0. The summed E-state index contributed by atoms with van der Waals surface area (Å²) in [5.74, 6) is 0.308. The molecular weight excluding hydrogens is 711 g/mol. The second-order valence-corrected chi connectivity index (χ2v) is 15.6. The third kappa shape index (κ3) is 7.12. The smallest absolute Gasteiger partial charge is 0.329 e. The van der Waals surface area contributed by atoms with Crippen molar-refractivity contribution in [3.8, 4) is 11.9 Å². The first-order chi connectivity index (χ1) is 27.1. The quantitative estimate of drug-likeness (QED) is 0.187. The molecule has 2 saturated heterocycles. The van der Waals surface area contributed by atoms with Crippen molar-refractivity contribution in [1.82, 2.24) is 39.2 Å². The van der Waals surface area contributed by atoms with Crippen LogP contribution < -0.4 is 26.5 Å². The van der Waals surface area contributed by atoms with Crippen LogP contribution in [0.1, 0.15) is 74.3 Å². The molecule has 3 N–H and O–H groups in total. The zero-order chi connectivity index (χ0) is 39.1. The summed E-state index contributed by atoms with van der Waals surface area (Å²) in [6.07, 6.45) is 9.47. The number of para-hydroxylation sites is 1. The van der Waals surface area contributed by atoms with E-state index >= 15 is 0 Å². The van der Waals surface area contributed by atoms with Crippen LogP contribution in [0.5, 0.6) is 0 Å². The minimum atomic E-state index is -0.709. The first kappa shape index (κ1) is 36.9. The standard InChI is InChI=1S/C41H47N11O4/c1-25(2)45-31-20-35(51-14-13-28-19-27(21-42)22-44-38(28)51)43-23-30(31)39(54)46-29-9-7-26(8-10-29)24-49-15-17-50(18-16-49)32-5-4-6-33-37(32)48(3)41(56)52(33)34-11-12-36(53)47-40(34)55/h4-6,13-14,19-20,22-23,25-26,29,34H,7-12,15-18,24H2,1-3H3,(H,43,45)(H,46,54)(H,47,53,55)/t26-,29-,34?. The lowest BCUT2D eigenvalue weighted by molar-refractivity contribution is -0.135. The summed E-state index contributed by atoms with van der Waals surface area (Å²) in [5, 5.41) is 19.2. The van der Waals surface area contributed by atoms with Gasteiger partial charge in [0, 0.05) is 88.3 Å². The highest BCUT2D eigenvalue weighted by Gasteiger charge is 2.33. The summed E-state index contributed by atoms with van der Waals surface area (Å²) in [5.41, 5.74) is 4.62. The number of aromatic nitrogens is 5. The van der Waals surface area contributed by atoms with E-state index in [2.05, 4.69) is 41.8 Å². The fourth-order valence-corrected chi connectivity index (χ4v) is 8.65. The molecule has 1 saturated carbocycles. The number of benzene rings is 1. The number of imidazole rings is 1. The second-order valence-electron chi connectivity index (χ2n) is 15.6. The van der Waals surface area contributed by atoms with Crippen LogP contribution in [0.2, 0.25) is 0 Å². The fraction of sp³-hybridized carbons (Fsp3) is 0.439. The fourth-order valence-electron chi connectivity index (χ4n) is 8.65. The molecule has 5 aromatic rings. The highest BCUT2D eigenvalue weighted by atomic mass is 16.2. The molecule has 1 aromatic carbocycles. The largest absolute Gasteiger partial charge is 0.382 e. The molecule has 1 aliphatic carbocycles. The molecule has 8 rings (SSSR count). The van der Waals surface area contributed by atoms with Crippen molar-refractivity contribution in [2.45, 2.75) is 70.5 Å². The average Bonchev–Trinajstić information content (AvgIpc) is 3.73. The molecule has 3 fully saturated rings. The molecule has 1 atom stereocenters. The number of carbonyl (C=O) groups is 3. The number of fused-ring (bicyclic) bond motifs is 2. The molecule has 15 heteroatoms. The van der Waals surface area contributed by atoms with E-state index in [9.17, 15) is 24.4 Å². The van der Waals surface area contributed by atoms with Gasteiger partial charge in [0.05, 0.1) is 33.5 Å². The Labute approximate surface area is 324 Å². The van der Waals surface area contributed by atoms with E-state index in [1.165, 1.54) is 0 Å². The maximum atomic E-state index is 13.7. The van der Waals surface area contributed by atoms with Crippen LogP contribution >= 0.6 is 0 Å². The summed E-state index contributed by atoms with van der Waals surface area (Å²) in [4.78, 5) is 65.5. The SMILES string of the molecule is CC(C)Nc1cc(-n2ccc3cc(C#N)cnc32)ncc1C(=O)N[C@H]1CC[C@H](CN2CCN(c3cccc4c3n(C)c(=O)n4C3CCC(=O)NC3=O)CC2)CC1. The van der Waals surface area contributed by atoms with Gasteiger partial charge in [-0.3, -0.25) is 38.3 Å². The monoisotopic (exact) mass is 757 g/mol. The molecule has 0 radical (unpaired) electrons. The molecule has 15 nitrogen and oxygen atoms in total. The summed E-state index contributed by atoms with van der Waals surface area (Å²) in [6, 6.07) is 13.0.